The fourth-order valence-corrected chi connectivity index (χ4v) is 2.13. The smallest absolute Gasteiger partial charge is 0.423 e. The third kappa shape index (κ3) is 3.29. The van der Waals surface area contributed by atoms with Crippen molar-refractivity contribution in [2.24, 2.45) is 0 Å². The molecular formula is C12H17BFNO3. The lowest BCUT2D eigenvalue weighted by atomic mass is 9.80. The molecular weight excluding hydrogens is 236 g/mol. The lowest BCUT2D eigenvalue weighted by molar-refractivity contribution is -0.0215. The quantitative estimate of drug-likeness (QED) is 0.728. The minimum Gasteiger partial charge on any atom is -0.423 e. The molecule has 0 aromatic heterocycles. The Labute approximate surface area is 106 Å². The van der Waals surface area contributed by atoms with E-state index in [1.165, 1.54) is 12.1 Å². The predicted molar refractivity (Wildman–Crippen MR) is 66.9 cm³/mol. The topological polar surface area (TPSA) is 52.9 Å². The third-order valence-electron chi connectivity index (χ3n) is 3.09. The van der Waals surface area contributed by atoms with E-state index in [4.69, 9.17) is 14.8 Å². The van der Waals surface area contributed by atoms with Gasteiger partial charge in [-0.1, -0.05) is 12.1 Å². The molecule has 0 radical (unpaired) electrons. The Morgan fingerprint density at radius 3 is 2.89 bits per heavy atom. The first kappa shape index (κ1) is 13.5. The van der Waals surface area contributed by atoms with Crippen molar-refractivity contribution in [1.82, 2.24) is 4.90 Å². The molecule has 1 aromatic carbocycles. The summed E-state index contributed by atoms with van der Waals surface area (Å²) in [7, 11) is -1.63. The van der Waals surface area contributed by atoms with Crippen molar-refractivity contribution in [1.29, 1.82) is 0 Å². The number of ether oxygens (including phenoxy) is 1. The summed E-state index contributed by atoms with van der Waals surface area (Å²) in [6.07, 6.45) is 0.167. The van der Waals surface area contributed by atoms with E-state index in [9.17, 15) is 4.39 Å². The molecule has 98 valence electrons. The molecule has 0 aliphatic carbocycles. The van der Waals surface area contributed by atoms with E-state index in [1.807, 2.05) is 6.92 Å². The van der Waals surface area contributed by atoms with Crippen molar-refractivity contribution in [2.45, 2.75) is 19.6 Å². The Morgan fingerprint density at radius 2 is 2.28 bits per heavy atom. The molecule has 0 saturated carbocycles. The molecule has 18 heavy (non-hydrogen) atoms. The first-order chi connectivity index (χ1) is 8.56. The maximum atomic E-state index is 13.8. The van der Waals surface area contributed by atoms with Crippen LogP contribution in [0.3, 0.4) is 0 Å². The minimum absolute atomic E-state index is 0.167. The number of halogens is 1. The van der Waals surface area contributed by atoms with Crippen LogP contribution in [0.1, 0.15) is 12.5 Å². The molecule has 4 nitrogen and oxygen atoms in total. The summed E-state index contributed by atoms with van der Waals surface area (Å²) < 4.78 is 19.2. The van der Waals surface area contributed by atoms with Gasteiger partial charge in [-0.05, 0) is 18.5 Å². The van der Waals surface area contributed by atoms with Crippen molar-refractivity contribution >= 4 is 12.6 Å². The maximum absolute atomic E-state index is 13.8. The summed E-state index contributed by atoms with van der Waals surface area (Å²) in [6.45, 7) is 4.74. The lowest BCUT2D eigenvalue weighted by Crippen LogP contribution is -2.40. The van der Waals surface area contributed by atoms with Crippen LogP contribution in [0.4, 0.5) is 4.39 Å². The van der Waals surface area contributed by atoms with Gasteiger partial charge in [-0.25, -0.2) is 4.39 Å². The van der Waals surface area contributed by atoms with Crippen LogP contribution < -0.4 is 5.46 Å². The van der Waals surface area contributed by atoms with Crippen molar-refractivity contribution in [3.63, 3.8) is 0 Å². The van der Waals surface area contributed by atoms with Gasteiger partial charge in [0.25, 0.3) is 0 Å². The van der Waals surface area contributed by atoms with Crippen molar-refractivity contribution < 1.29 is 19.2 Å². The van der Waals surface area contributed by atoms with Gasteiger partial charge < -0.3 is 14.8 Å². The molecule has 1 aliphatic rings. The van der Waals surface area contributed by atoms with Gasteiger partial charge in [0, 0.05) is 25.2 Å². The normalized spacial score (nSPS) is 21.0. The standard InChI is InChI=1S/C12H17BFNO3/c1-9-7-15(4-5-18-9)8-10-2-3-11(13(16)17)6-12(10)14/h2-3,6,9,16-17H,4-5,7-8H2,1H3. The summed E-state index contributed by atoms with van der Waals surface area (Å²) >= 11 is 0. The molecule has 0 spiro atoms. The first-order valence-electron chi connectivity index (χ1n) is 6.04. The van der Waals surface area contributed by atoms with Crippen LogP contribution in [-0.4, -0.2) is 47.9 Å². The van der Waals surface area contributed by atoms with Gasteiger partial charge in [0.2, 0.25) is 0 Å². The van der Waals surface area contributed by atoms with Gasteiger partial charge in [0.05, 0.1) is 12.7 Å². The summed E-state index contributed by atoms with van der Waals surface area (Å²) in [5, 5.41) is 17.9. The SMILES string of the molecule is CC1CN(Cc2ccc(B(O)O)cc2F)CCO1. The third-order valence-corrected chi connectivity index (χ3v) is 3.09. The van der Waals surface area contributed by atoms with Crippen LogP contribution in [0.15, 0.2) is 18.2 Å². The number of benzene rings is 1. The first-order valence-corrected chi connectivity index (χ1v) is 6.04. The second-order valence-electron chi connectivity index (χ2n) is 4.64. The maximum Gasteiger partial charge on any atom is 0.488 e. The zero-order valence-corrected chi connectivity index (χ0v) is 10.3. The Bertz CT molecular complexity index is 416. The average Bonchev–Trinajstić information content (AvgIpc) is 2.31. The highest BCUT2D eigenvalue weighted by Crippen LogP contribution is 2.12. The largest absolute Gasteiger partial charge is 0.488 e. The summed E-state index contributed by atoms with van der Waals surface area (Å²) in [5.41, 5.74) is 0.736. The number of hydrogen-bond acceptors (Lipinski definition) is 4. The van der Waals surface area contributed by atoms with Gasteiger partial charge >= 0.3 is 7.12 Å². The van der Waals surface area contributed by atoms with E-state index in [0.29, 0.717) is 18.7 Å². The van der Waals surface area contributed by atoms with Gasteiger partial charge in [-0.3, -0.25) is 4.90 Å². The van der Waals surface area contributed by atoms with E-state index < -0.39 is 12.9 Å². The summed E-state index contributed by atoms with van der Waals surface area (Å²) in [5.74, 6) is -0.403. The van der Waals surface area contributed by atoms with Crippen LogP contribution >= 0.6 is 0 Å². The molecule has 1 saturated heterocycles. The highest BCUT2D eigenvalue weighted by atomic mass is 19.1. The lowest BCUT2D eigenvalue weighted by Gasteiger charge is -2.31. The summed E-state index contributed by atoms with van der Waals surface area (Å²) in [4.78, 5) is 2.13. The van der Waals surface area contributed by atoms with Crippen LogP contribution in [-0.2, 0) is 11.3 Å². The van der Waals surface area contributed by atoms with E-state index in [-0.39, 0.29) is 11.6 Å². The molecule has 6 heteroatoms. The zero-order valence-electron chi connectivity index (χ0n) is 10.3. The van der Waals surface area contributed by atoms with Crippen LogP contribution in [0, 0.1) is 5.82 Å². The summed E-state index contributed by atoms with van der Waals surface area (Å²) in [6, 6.07) is 4.31. The Hall–Kier alpha value is -0.945. The molecule has 1 unspecified atom stereocenters. The highest BCUT2D eigenvalue weighted by Gasteiger charge is 2.19. The molecule has 1 fully saturated rings. The van der Waals surface area contributed by atoms with Crippen LogP contribution in [0.5, 0.6) is 0 Å². The fraction of sp³-hybridized carbons (Fsp3) is 0.500. The molecule has 2 N–H and O–H groups in total. The van der Waals surface area contributed by atoms with Gasteiger partial charge in [-0.15, -0.1) is 0 Å². The van der Waals surface area contributed by atoms with Gasteiger partial charge in [-0.2, -0.15) is 0 Å². The Kier molecular flexibility index (Phi) is 4.34. The Balaban J connectivity index is 2.05. The molecule has 1 aliphatic heterocycles. The van der Waals surface area contributed by atoms with E-state index >= 15 is 0 Å². The number of rotatable bonds is 3. The molecule has 0 amide bonds. The van der Waals surface area contributed by atoms with Crippen molar-refractivity contribution in [2.75, 3.05) is 19.7 Å². The molecule has 2 rings (SSSR count). The van der Waals surface area contributed by atoms with Crippen LogP contribution in [0.2, 0.25) is 0 Å². The van der Waals surface area contributed by atoms with E-state index in [0.717, 1.165) is 13.1 Å². The van der Waals surface area contributed by atoms with Crippen molar-refractivity contribution in [3.8, 4) is 0 Å². The molecule has 1 aromatic rings. The monoisotopic (exact) mass is 253 g/mol. The second-order valence-corrected chi connectivity index (χ2v) is 4.64. The van der Waals surface area contributed by atoms with E-state index in [2.05, 4.69) is 4.90 Å². The van der Waals surface area contributed by atoms with E-state index in [1.54, 1.807) is 6.07 Å². The average molecular weight is 253 g/mol. The molecule has 1 heterocycles. The second kappa shape index (κ2) is 5.80. The minimum atomic E-state index is -1.63. The number of hydrogen-bond donors (Lipinski definition) is 2. The Morgan fingerprint density at radius 1 is 1.50 bits per heavy atom. The molecule has 1 atom stereocenters. The molecule has 0 bridgehead atoms. The number of morpholine rings is 1. The fourth-order valence-electron chi connectivity index (χ4n) is 2.13. The van der Waals surface area contributed by atoms with Crippen molar-refractivity contribution in [3.05, 3.63) is 29.6 Å². The zero-order chi connectivity index (χ0) is 13.1. The highest BCUT2D eigenvalue weighted by molar-refractivity contribution is 6.58. The van der Waals surface area contributed by atoms with Crippen LogP contribution in [0.25, 0.3) is 0 Å². The van der Waals surface area contributed by atoms with Gasteiger partial charge in [0.1, 0.15) is 5.82 Å². The van der Waals surface area contributed by atoms with Gasteiger partial charge in [0.15, 0.2) is 0 Å². The predicted octanol–water partition coefficient (Wildman–Crippen LogP) is -0.274. The number of nitrogens with zero attached hydrogens (tertiary/aromatic N) is 1.